The van der Waals surface area contributed by atoms with E-state index in [2.05, 4.69) is 48.5 Å². The molecule has 136 valence electrons. The van der Waals surface area contributed by atoms with E-state index in [0.29, 0.717) is 17.0 Å². The average molecular weight is 364 g/mol. The second kappa shape index (κ2) is 6.65. The number of likely N-dealkylation sites (tertiary alicyclic amines) is 1. The number of carbonyl (C=O) groups is 1. The van der Waals surface area contributed by atoms with Gasteiger partial charge in [0, 0.05) is 12.1 Å². The highest BCUT2D eigenvalue weighted by Crippen LogP contribution is 2.50. The van der Waals surface area contributed by atoms with E-state index in [-0.39, 0.29) is 11.9 Å². The van der Waals surface area contributed by atoms with Crippen molar-refractivity contribution in [2.24, 2.45) is 0 Å². The normalized spacial score (nSPS) is 19.8. The lowest BCUT2D eigenvalue weighted by molar-refractivity contribution is 0.0620. The van der Waals surface area contributed by atoms with E-state index < -0.39 is 0 Å². The molecule has 0 saturated carbocycles. The predicted octanol–water partition coefficient (Wildman–Crippen LogP) is 5.30. The fourth-order valence-electron chi connectivity index (χ4n) is 4.68. The van der Waals surface area contributed by atoms with E-state index in [1.165, 1.54) is 22.3 Å². The van der Waals surface area contributed by atoms with Crippen molar-refractivity contribution in [2.45, 2.75) is 24.8 Å². The summed E-state index contributed by atoms with van der Waals surface area (Å²) in [6.07, 6.45) is 2.01. The number of piperidine rings is 1. The summed E-state index contributed by atoms with van der Waals surface area (Å²) >= 11 is 0. The molecule has 28 heavy (non-hydrogen) atoms. The minimum atomic E-state index is 0.0629. The van der Waals surface area contributed by atoms with Crippen molar-refractivity contribution in [2.75, 3.05) is 6.54 Å². The van der Waals surface area contributed by atoms with Crippen LogP contribution in [0.15, 0.2) is 72.8 Å². The van der Waals surface area contributed by atoms with Gasteiger partial charge in [-0.1, -0.05) is 48.5 Å². The Hall–Kier alpha value is -3.38. The zero-order valence-electron chi connectivity index (χ0n) is 15.5. The van der Waals surface area contributed by atoms with Gasteiger partial charge in [-0.2, -0.15) is 5.26 Å². The molecule has 0 spiro atoms. The van der Waals surface area contributed by atoms with Crippen molar-refractivity contribution in [1.82, 2.24) is 4.90 Å². The van der Waals surface area contributed by atoms with Gasteiger partial charge in [0.15, 0.2) is 0 Å². The molecule has 2 atom stereocenters. The van der Waals surface area contributed by atoms with Crippen LogP contribution in [0.5, 0.6) is 0 Å². The number of carbonyl (C=O) groups excluding carboxylic acids is 1. The van der Waals surface area contributed by atoms with Crippen molar-refractivity contribution in [3.8, 4) is 17.2 Å². The second-order valence-electron chi connectivity index (χ2n) is 7.63. The largest absolute Gasteiger partial charge is 0.332 e. The first-order chi connectivity index (χ1) is 13.7. The maximum absolute atomic E-state index is 13.1. The first-order valence-corrected chi connectivity index (χ1v) is 9.75. The molecule has 5 rings (SSSR count). The van der Waals surface area contributed by atoms with Gasteiger partial charge >= 0.3 is 0 Å². The van der Waals surface area contributed by atoms with Crippen LogP contribution < -0.4 is 0 Å². The van der Waals surface area contributed by atoms with Gasteiger partial charge in [0.2, 0.25) is 0 Å². The highest BCUT2D eigenvalue weighted by Gasteiger charge is 2.41. The number of fused-ring (bicyclic) bond motifs is 5. The molecule has 1 aliphatic carbocycles. The lowest BCUT2D eigenvalue weighted by Gasteiger charge is -2.34. The Morgan fingerprint density at radius 3 is 2.46 bits per heavy atom. The summed E-state index contributed by atoms with van der Waals surface area (Å²) in [5, 5.41) is 8.97. The summed E-state index contributed by atoms with van der Waals surface area (Å²) in [5.41, 5.74) is 6.42. The Morgan fingerprint density at radius 1 is 0.929 bits per heavy atom. The van der Waals surface area contributed by atoms with Crippen LogP contribution in [0.2, 0.25) is 0 Å². The molecule has 1 aliphatic heterocycles. The van der Waals surface area contributed by atoms with E-state index in [4.69, 9.17) is 5.26 Å². The summed E-state index contributed by atoms with van der Waals surface area (Å²) in [6, 6.07) is 26.4. The predicted molar refractivity (Wildman–Crippen MR) is 109 cm³/mol. The van der Waals surface area contributed by atoms with Crippen molar-refractivity contribution in [3.05, 3.63) is 95.1 Å². The van der Waals surface area contributed by atoms with E-state index >= 15 is 0 Å². The number of nitriles is 1. The van der Waals surface area contributed by atoms with Crippen LogP contribution >= 0.6 is 0 Å². The van der Waals surface area contributed by atoms with Crippen molar-refractivity contribution in [3.63, 3.8) is 0 Å². The van der Waals surface area contributed by atoms with Gasteiger partial charge < -0.3 is 4.90 Å². The van der Waals surface area contributed by atoms with Crippen LogP contribution in [0.1, 0.15) is 51.8 Å². The van der Waals surface area contributed by atoms with Gasteiger partial charge in [-0.3, -0.25) is 4.79 Å². The summed E-state index contributed by atoms with van der Waals surface area (Å²) in [4.78, 5) is 15.1. The minimum Gasteiger partial charge on any atom is -0.332 e. The van der Waals surface area contributed by atoms with Crippen LogP contribution in [-0.2, 0) is 0 Å². The van der Waals surface area contributed by atoms with Gasteiger partial charge in [0.25, 0.3) is 5.91 Å². The van der Waals surface area contributed by atoms with Crippen LogP contribution in [0.25, 0.3) is 11.1 Å². The SMILES string of the molecule is N#Cc1ccc(C(=O)N2CC[C@@H]3C[C@@H]2c2ccc(-c4ccccc4)cc23)cc1. The standard InChI is InChI=1S/C25H20N2O/c26-16-17-6-8-19(9-7-17)25(28)27-13-12-21-15-24(27)22-11-10-20(14-23(21)22)18-4-2-1-3-5-18/h1-11,14,21,24H,12-13,15H2/t21-,24-/m1/s1. The van der Waals surface area contributed by atoms with Gasteiger partial charge in [-0.05, 0) is 65.3 Å². The zero-order valence-corrected chi connectivity index (χ0v) is 15.5. The second-order valence-corrected chi connectivity index (χ2v) is 7.63. The third-order valence-corrected chi connectivity index (χ3v) is 6.12. The van der Waals surface area contributed by atoms with Gasteiger partial charge in [0.1, 0.15) is 0 Å². The van der Waals surface area contributed by atoms with Gasteiger partial charge in [-0.25, -0.2) is 0 Å². The smallest absolute Gasteiger partial charge is 0.254 e. The Morgan fingerprint density at radius 2 is 1.71 bits per heavy atom. The first-order valence-electron chi connectivity index (χ1n) is 9.75. The molecule has 0 radical (unpaired) electrons. The Bertz CT molecular complexity index is 1080. The van der Waals surface area contributed by atoms with Crippen LogP contribution in [0.4, 0.5) is 0 Å². The van der Waals surface area contributed by atoms with E-state index in [1.54, 1.807) is 24.3 Å². The Labute approximate surface area is 164 Å². The number of hydrogen-bond donors (Lipinski definition) is 0. The maximum atomic E-state index is 13.1. The highest BCUT2D eigenvalue weighted by molar-refractivity contribution is 5.95. The molecule has 2 aliphatic rings. The zero-order chi connectivity index (χ0) is 19.1. The monoisotopic (exact) mass is 364 g/mol. The van der Waals surface area contributed by atoms with E-state index in [1.807, 2.05) is 11.0 Å². The summed E-state index contributed by atoms with van der Waals surface area (Å²) in [7, 11) is 0. The number of benzene rings is 3. The maximum Gasteiger partial charge on any atom is 0.254 e. The average Bonchev–Trinajstić information content (AvgIpc) is 3.05. The van der Waals surface area contributed by atoms with E-state index in [0.717, 1.165) is 19.4 Å². The molecule has 0 N–H and O–H groups in total. The van der Waals surface area contributed by atoms with Crippen LogP contribution in [-0.4, -0.2) is 17.4 Å². The molecule has 3 aromatic carbocycles. The molecule has 3 heteroatoms. The molecule has 1 amide bonds. The third-order valence-electron chi connectivity index (χ3n) is 6.12. The van der Waals surface area contributed by atoms with Crippen LogP contribution in [0, 0.1) is 11.3 Å². The molecular weight excluding hydrogens is 344 g/mol. The lowest BCUT2D eigenvalue weighted by Crippen LogP contribution is -2.37. The number of amides is 1. The Kier molecular flexibility index (Phi) is 3.98. The van der Waals surface area contributed by atoms with Gasteiger partial charge in [-0.15, -0.1) is 0 Å². The fourth-order valence-corrected chi connectivity index (χ4v) is 4.68. The molecule has 3 aromatic rings. The topological polar surface area (TPSA) is 44.1 Å². The quantitative estimate of drug-likeness (QED) is 0.619. The van der Waals surface area contributed by atoms with Gasteiger partial charge in [0.05, 0.1) is 17.7 Å². The minimum absolute atomic E-state index is 0.0629. The fraction of sp³-hybridized carbons (Fsp3) is 0.200. The summed E-state index contributed by atoms with van der Waals surface area (Å²) in [6.45, 7) is 0.781. The molecule has 0 unspecified atom stereocenters. The number of hydrogen-bond acceptors (Lipinski definition) is 2. The van der Waals surface area contributed by atoms with Crippen LogP contribution in [0.3, 0.4) is 0 Å². The summed E-state index contributed by atoms with van der Waals surface area (Å²) < 4.78 is 0. The molecular formula is C25H20N2O. The summed E-state index contributed by atoms with van der Waals surface area (Å²) in [5.74, 6) is 0.599. The molecule has 3 nitrogen and oxygen atoms in total. The Balaban J connectivity index is 1.46. The molecule has 0 aromatic heterocycles. The molecule has 1 heterocycles. The highest BCUT2D eigenvalue weighted by atomic mass is 16.2. The van der Waals surface area contributed by atoms with E-state index in [9.17, 15) is 4.79 Å². The van der Waals surface area contributed by atoms with Crippen molar-refractivity contribution in [1.29, 1.82) is 5.26 Å². The van der Waals surface area contributed by atoms with Crippen molar-refractivity contribution < 1.29 is 4.79 Å². The molecule has 2 bridgehead atoms. The first kappa shape index (κ1) is 16.8. The number of rotatable bonds is 2. The number of nitrogens with zero attached hydrogens (tertiary/aromatic N) is 2. The molecule has 1 saturated heterocycles. The molecule has 1 fully saturated rings. The van der Waals surface area contributed by atoms with Crippen molar-refractivity contribution >= 4 is 5.91 Å². The third kappa shape index (κ3) is 2.70. The lowest BCUT2D eigenvalue weighted by atomic mass is 9.93.